The molecule has 0 aliphatic heterocycles. The first-order valence-electron chi connectivity index (χ1n) is 4.81. The minimum Gasteiger partial charge on any atom is -0.349 e. The third-order valence-corrected chi connectivity index (χ3v) is 2.96. The first kappa shape index (κ1) is 12.2. The molecule has 80 valence electrons. The molecule has 0 aliphatic rings. The predicted molar refractivity (Wildman–Crippen MR) is 70.9 cm³/mol. The van der Waals surface area contributed by atoms with Gasteiger partial charge in [0.1, 0.15) is 0 Å². The van der Waals surface area contributed by atoms with E-state index in [1.54, 1.807) is 6.08 Å². The highest BCUT2D eigenvalue weighted by Gasteiger charge is 2.10. The summed E-state index contributed by atoms with van der Waals surface area (Å²) in [5.74, 6) is -0.0191. The van der Waals surface area contributed by atoms with Crippen LogP contribution in [0.15, 0.2) is 36.9 Å². The van der Waals surface area contributed by atoms with Gasteiger partial charge >= 0.3 is 0 Å². The predicted octanol–water partition coefficient (Wildman–Crippen LogP) is 2.99. The molecule has 1 rings (SSSR count). The molecule has 0 saturated carbocycles. The highest BCUT2D eigenvalue weighted by atomic mass is 127. The Morgan fingerprint density at radius 3 is 2.87 bits per heavy atom. The standard InChI is InChI=1S/C12H14INO/c1-3-6-9(2)14-12(15)10-7-4-5-8-11(10)13/h3-5,7-9H,1,6H2,2H3,(H,14,15). The number of hydrogen-bond acceptors (Lipinski definition) is 1. The summed E-state index contributed by atoms with van der Waals surface area (Å²) in [5, 5.41) is 2.92. The Kier molecular flexibility index (Phi) is 4.81. The van der Waals surface area contributed by atoms with Crippen LogP contribution in [0.25, 0.3) is 0 Å². The van der Waals surface area contributed by atoms with E-state index in [2.05, 4.69) is 34.5 Å². The van der Waals surface area contributed by atoms with Gasteiger partial charge in [-0.15, -0.1) is 6.58 Å². The minimum absolute atomic E-state index is 0.0191. The van der Waals surface area contributed by atoms with Gasteiger partial charge in [-0.05, 0) is 48.1 Å². The van der Waals surface area contributed by atoms with E-state index in [0.717, 1.165) is 15.6 Å². The van der Waals surface area contributed by atoms with E-state index in [1.807, 2.05) is 31.2 Å². The molecular formula is C12H14INO. The Morgan fingerprint density at radius 2 is 2.27 bits per heavy atom. The monoisotopic (exact) mass is 315 g/mol. The molecule has 0 spiro atoms. The molecule has 1 amide bonds. The SMILES string of the molecule is C=CCC(C)NC(=O)c1ccccc1I. The normalized spacial score (nSPS) is 11.9. The third kappa shape index (κ3) is 3.66. The van der Waals surface area contributed by atoms with Crippen molar-refractivity contribution < 1.29 is 4.79 Å². The van der Waals surface area contributed by atoms with Gasteiger partial charge < -0.3 is 5.32 Å². The van der Waals surface area contributed by atoms with Gasteiger partial charge in [-0.25, -0.2) is 0 Å². The minimum atomic E-state index is -0.0191. The summed E-state index contributed by atoms with van der Waals surface area (Å²) in [7, 11) is 0. The lowest BCUT2D eigenvalue weighted by atomic mass is 10.2. The number of nitrogens with one attached hydrogen (secondary N) is 1. The van der Waals surface area contributed by atoms with Gasteiger partial charge in [-0.1, -0.05) is 18.2 Å². The van der Waals surface area contributed by atoms with Crippen LogP contribution >= 0.6 is 22.6 Å². The Labute approximate surface area is 104 Å². The van der Waals surface area contributed by atoms with Crippen molar-refractivity contribution in [2.75, 3.05) is 0 Å². The molecule has 2 nitrogen and oxygen atoms in total. The van der Waals surface area contributed by atoms with Crippen LogP contribution in [0, 0.1) is 3.57 Å². The molecule has 15 heavy (non-hydrogen) atoms. The second-order valence-corrected chi connectivity index (χ2v) is 4.54. The first-order valence-corrected chi connectivity index (χ1v) is 5.89. The number of carbonyl (C=O) groups excluding carboxylic acids is 1. The van der Waals surface area contributed by atoms with Gasteiger partial charge in [0.05, 0.1) is 5.56 Å². The second kappa shape index (κ2) is 5.90. The zero-order chi connectivity index (χ0) is 11.3. The van der Waals surface area contributed by atoms with Crippen LogP contribution < -0.4 is 5.32 Å². The van der Waals surface area contributed by atoms with E-state index in [4.69, 9.17) is 0 Å². The fourth-order valence-corrected chi connectivity index (χ4v) is 1.89. The van der Waals surface area contributed by atoms with E-state index in [0.29, 0.717) is 0 Å². The van der Waals surface area contributed by atoms with Gasteiger partial charge in [-0.2, -0.15) is 0 Å². The zero-order valence-corrected chi connectivity index (χ0v) is 10.8. The van der Waals surface area contributed by atoms with E-state index in [1.165, 1.54) is 0 Å². The topological polar surface area (TPSA) is 29.1 Å². The highest BCUT2D eigenvalue weighted by Crippen LogP contribution is 2.11. The average molecular weight is 315 g/mol. The summed E-state index contributed by atoms with van der Waals surface area (Å²) in [4.78, 5) is 11.8. The average Bonchev–Trinajstić information content (AvgIpc) is 2.18. The van der Waals surface area contributed by atoms with Gasteiger partial charge in [-0.3, -0.25) is 4.79 Å². The molecular weight excluding hydrogens is 301 g/mol. The summed E-state index contributed by atoms with van der Waals surface area (Å²) in [5.41, 5.74) is 0.731. The van der Waals surface area contributed by atoms with E-state index in [-0.39, 0.29) is 11.9 Å². The van der Waals surface area contributed by atoms with Crippen molar-refractivity contribution in [2.24, 2.45) is 0 Å². The van der Waals surface area contributed by atoms with Crippen molar-refractivity contribution in [3.63, 3.8) is 0 Å². The Morgan fingerprint density at radius 1 is 1.60 bits per heavy atom. The third-order valence-electron chi connectivity index (χ3n) is 2.02. The Balaban J connectivity index is 2.69. The smallest absolute Gasteiger partial charge is 0.252 e. The highest BCUT2D eigenvalue weighted by molar-refractivity contribution is 14.1. The van der Waals surface area contributed by atoms with E-state index >= 15 is 0 Å². The molecule has 0 heterocycles. The number of amides is 1. The van der Waals surface area contributed by atoms with Crippen molar-refractivity contribution >= 4 is 28.5 Å². The molecule has 0 aliphatic carbocycles. The van der Waals surface area contributed by atoms with Crippen LogP contribution in [0.4, 0.5) is 0 Å². The zero-order valence-electron chi connectivity index (χ0n) is 8.66. The van der Waals surface area contributed by atoms with Crippen molar-refractivity contribution in [1.82, 2.24) is 5.32 Å². The summed E-state index contributed by atoms with van der Waals surface area (Å²) in [6.45, 7) is 5.61. The van der Waals surface area contributed by atoms with Crippen molar-refractivity contribution in [3.05, 3.63) is 46.1 Å². The number of benzene rings is 1. The molecule has 0 saturated heterocycles. The van der Waals surface area contributed by atoms with Crippen molar-refractivity contribution in [1.29, 1.82) is 0 Å². The number of carbonyl (C=O) groups is 1. The molecule has 0 aromatic heterocycles. The van der Waals surface area contributed by atoms with Gasteiger partial charge in [0.15, 0.2) is 0 Å². The maximum atomic E-state index is 11.8. The fourth-order valence-electron chi connectivity index (χ4n) is 1.26. The number of rotatable bonds is 4. The molecule has 1 atom stereocenters. The maximum absolute atomic E-state index is 11.8. The maximum Gasteiger partial charge on any atom is 0.252 e. The number of halogens is 1. The Hall–Kier alpha value is -0.840. The van der Waals surface area contributed by atoms with E-state index < -0.39 is 0 Å². The largest absolute Gasteiger partial charge is 0.349 e. The Bertz CT molecular complexity index is 362. The van der Waals surface area contributed by atoms with Gasteiger partial charge in [0.2, 0.25) is 0 Å². The summed E-state index contributed by atoms with van der Waals surface area (Å²) in [6, 6.07) is 7.68. The molecule has 1 aromatic carbocycles. The van der Waals surface area contributed by atoms with Crippen LogP contribution in [0.1, 0.15) is 23.7 Å². The quantitative estimate of drug-likeness (QED) is 0.672. The molecule has 3 heteroatoms. The van der Waals surface area contributed by atoms with Crippen LogP contribution in [-0.2, 0) is 0 Å². The van der Waals surface area contributed by atoms with Crippen LogP contribution in [0.2, 0.25) is 0 Å². The number of hydrogen-bond donors (Lipinski definition) is 1. The molecule has 0 bridgehead atoms. The summed E-state index contributed by atoms with van der Waals surface area (Å²) >= 11 is 2.16. The van der Waals surface area contributed by atoms with E-state index in [9.17, 15) is 4.79 Å². The molecule has 1 N–H and O–H groups in total. The lowest BCUT2D eigenvalue weighted by Crippen LogP contribution is -2.32. The molecule has 1 unspecified atom stereocenters. The summed E-state index contributed by atoms with van der Waals surface area (Å²) in [6.07, 6.45) is 2.59. The molecule has 0 radical (unpaired) electrons. The van der Waals surface area contributed by atoms with Crippen LogP contribution in [-0.4, -0.2) is 11.9 Å². The van der Waals surface area contributed by atoms with Crippen LogP contribution in [0.5, 0.6) is 0 Å². The van der Waals surface area contributed by atoms with Gasteiger partial charge in [0, 0.05) is 9.61 Å². The molecule has 1 aromatic rings. The van der Waals surface area contributed by atoms with Crippen molar-refractivity contribution in [2.45, 2.75) is 19.4 Å². The van der Waals surface area contributed by atoms with Crippen LogP contribution in [0.3, 0.4) is 0 Å². The lowest BCUT2D eigenvalue weighted by Gasteiger charge is -2.12. The van der Waals surface area contributed by atoms with Gasteiger partial charge in [0.25, 0.3) is 5.91 Å². The second-order valence-electron chi connectivity index (χ2n) is 3.38. The first-order chi connectivity index (χ1) is 7.15. The van der Waals surface area contributed by atoms with Crippen molar-refractivity contribution in [3.8, 4) is 0 Å². The fraction of sp³-hybridized carbons (Fsp3) is 0.250. The molecule has 0 fully saturated rings. The summed E-state index contributed by atoms with van der Waals surface area (Å²) < 4.78 is 0.971. The lowest BCUT2D eigenvalue weighted by molar-refractivity contribution is 0.0939.